The number of fused-ring (bicyclic) bond motifs is 2. The van der Waals surface area contributed by atoms with E-state index in [0.29, 0.717) is 0 Å². The Balaban J connectivity index is 0.000000166. The third kappa shape index (κ3) is 9.35. The van der Waals surface area contributed by atoms with Crippen LogP contribution in [0, 0.1) is 25.5 Å². The van der Waals surface area contributed by atoms with Gasteiger partial charge in [-0.1, -0.05) is 50.2 Å². The Bertz CT molecular complexity index is 2840. The molecule has 8 aromatic rings. The number of aryl methyl sites for hydroxylation is 4. The molecule has 0 fully saturated rings. The first kappa shape index (κ1) is 43.8. The average Bonchev–Trinajstić information content (AvgIpc) is 4.17. The first-order valence-corrected chi connectivity index (χ1v) is 22.2. The zero-order valence-electron chi connectivity index (χ0n) is 38.0. The molecule has 0 saturated carbocycles. The van der Waals surface area contributed by atoms with E-state index in [1.54, 1.807) is 51.1 Å². The second-order valence-corrected chi connectivity index (χ2v) is 16.8. The molecule has 0 bridgehead atoms. The van der Waals surface area contributed by atoms with E-state index in [4.69, 9.17) is 29.6 Å². The largest absolute Gasteiger partial charge is 0.495 e. The van der Waals surface area contributed by atoms with E-state index in [1.165, 1.54) is 24.3 Å². The molecule has 336 valence electrons. The third-order valence-electron chi connectivity index (χ3n) is 12.2. The second-order valence-electron chi connectivity index (χ2n) is 16.8. The van der Waals surface area contributed by atoms with Crippen molar-refractivity contribution in [3.05, 3.63) is 179 Å². The highest BCUT2D eigenvalue weighted by molar-refractivity contribution is 5.81. The Labute approximate surface area is 383 Å². The SMILES string of the molecule is COc1cc(/C=C2\CCCn3nc([C@@H](C)c4ccc(F)cc4)nc32)ccc1-n1cnc(C)c1.COc1cc(/C=C2\CCCn3nc([C@H](C)c4ccc(F)cc4)nc32)ccc1-n1cnc(C)c1. The number of ether oxygens (including phenoxy) is 2. The van der Waals surface area contributed by atoms with Crippen LogP contribution in [0.5, 0.6) is 11.5 Å². The molecule has 6 heterocycles. The first-order valence-electron chi connectivity index (χ1n) is 22.2. The molecule has 0 spiro atoms. The molecule has 10 rings (SSSR count). The number of aromatic nitrogens is 10. The van der Waals surface area contributed by atoms with Gasteiger partial charge in [-0.3, -0.25) is 0 Å². The van der Waals surface area contributed by atoms with Gasteiger partial charge in [-0.25, -0.2) is 38.1 Å². The van der Waals surface area contributed by atoms with E-state index < -0.39 is 0 Å². The van der Waals surface area contributed by atoms with E-state index in [9.17, 15) is 8.78 Å². The Morgan fingerprint density at radius 1 is 0.576 bits per heavy atom. The lowest BCUT2D eigenvalue weighted by Crippen LogP contribution is -2.11. The number of imidazole rings is 2. The topological polar surface area (TPSA) is 116 Å². The van der Waals surface area contributed by atoms with Crippen LogP contribution in [0.4, 0.5) is 8.78 Å². The van der Waals surface area contributed by atoms with Crippen molar-refractivity contribution in [2.75, 3.05) is 14.2 Å². The number of methoxy groups -OCH3 is 2. The maximum absolute atomic E-state index is 13.3. The van der Waals surface area contributed by atoms with Crippen molar-refractivity contribution in [3.63, 3.8) is 0 Å². The molecule has 0 amide bonds. The van der Waals surface area contributed by atoms with Gasteiger partial charge in [0, 0.05) is 37.3 Å². The number of rotatable bonds is 10. The predicted molar refractivity (Wildman–Crippen MR) is 252 cm³/mol. The minimum atomic E-state index is -0.238. The highest BCUT2D eigenvalue weighted by atomic mass is 19.1. The molecule has 4 aromatic heterocycles. The summed E-state index contributed by atoms with van der Waals surface area (Å²) in [6, 6.07) is 25.4. The maximum Gasteiger partial charge on any atom is 0.158 e. The van der Waals surface area contributed by atoms with Crippen LogP contribution in [-0.4, -0.2) is 62.9 Å². The summed E-state index contributed by atoms with van der Waals surface area (Å²) >= 11 is 0. The molecule has 2 aliphatic heterocycles. The summed E-state index contributed by atoms with van der Waals surface area (Å²) in [5, 5.41) is 9.53. The van der Waals surface area contributed by atoms with Crippen LogP contribution in [0.3, 0.4) is 0 Å². The monoisotopic (exact) mass is 886 g/mol. The Kier molecular flexibility index (Phi) is 12.6. The lowest BCUT2D eigenvalue weighted by atomic mass is 10.0. The van der Waals surface area contributed by atoms with Crippen LogP contribution in [0.1, 0.15) is 108 Å². The van der Waals surface area contributed by atoms with Crippen LogP contribution in [-0.2, 0) is 13.1 Å². The fourth-order valence-electron chi connectivity index (χ4n) is 8.51. The lowest BCUT2D eigenvalue weighted by molar-refractivity contribution is 0.412. The lowest BCUT2D eigenvalue weighted by Gasteiger charge is -2.16. The highest BCUT2D eigenvalue weighted by Gasteiger charge is 2.24. The van der Waals surface area contributed by atoms with Crippen LogP contribution >= 0.6 is 0 Å². The fourth-order valence-corrected chi connectivity index (χ4v) is 8.51. The van der Waals surface area contributed by atoms with Gasteiger partial charge in [0.25, 0.3) is 0 Å². The van der Waals surface area contributed by atoms with Crippen LogP contribution in [0.15, 0.2) is 110 Å². The predicted octanol–water partition coefficient (Wildman–Crippen LogP) is 10.8. The summed E-state index contributed by atoms with van der Waals surface area (Å²) in [5.74, 6) is 4.38. The minimum absolute atomic E-state index is 0.0111. The standard InChI is InChI=1S/2C26H26FN5O/c2*1-17-15-31(16-28-17)23-11-6-19(14-24(23)33-3)13-21-5-4-12-32-26(21)29-25(30-32)18(2)20-7-9-22(27)10-8-20/h2*6-11,13-16,18H,4-5,12H2,1-3H3/b2*21-13+/t2*18-/m10/s1. The first-order chi connectivity index (χ1) is 32.0. The zero-order chi connectivity index (χ0) is 45.9. The highest BCUT2D eigenvalue weighted by Crippen LogP contribution is 2.34. The molecule has 14 heteroatoms. The fraction of sp³-hybridized carbons (Fsp3) is 0.269. The molecule has 0 unspecified atom stereocenters. The van der Waals surface area contributed by atoms with Gasteiger partial charge in [0.2, 0.25) is 0 Å². The molecule has 0 N–H and O–H groups in total. The van der Waals surface area contributed by atoms with Gasteiger partial charge < -0.3 is 18.6 Å². The zero-order valence-corrected chi connectivity index (χ0v) is 38.0. The number of benzene rings is 4. The van der Waals surface area contributed by atoms with Crippen molar-refractivity contribution < 1.29 is 18.3 Å². The van der Waals surface area contributed by atoms with Gasteiger partial charge >= 0.3 is 0 Å². The van der Waals surface area contributed by atoms with Gasteiger partial charge in [0.1, 0.15) is 23.1 Å². The Morgan fingerprint density at radius 3 is 1.35 bits per heavy atom. The molecule has 2 aliphatic rings. The van der Waals surface area contributed by atoms with Crippen molar-refractivity contribution in [1.29, 1.82) is 0 Å². The molecular weight excluding hydrogens is 835 g/mol. The smallest absolute Gasteiger partial charge is 0.158 e. The van der Waals surface area contributed by atoms with Crippen molar-refractivity contribution in [1.82, 2.24) is 48.6 Å². The molecule has 4 aromatic carbocycles. The summed E-state index contributed by atoms with van der Waals surface area (Å²) in [4.78, 5) is 18.4. The summed E-state index contributed by atoms with van der Waals surface area (Å²) in [6.07, 6.45) is 15.8. The molecule has 0 aliphatic carbocycles. The van der Waals surface area contributed by atoms with E-state index in [-0.39, 0.29) is 23.5 Å². The van der Waals surface area contributed by atoms with Gasteiger partial charge in [-0.05, 0) is 134 Å². The van der Waals surface area contributed by atoms with Gasteiger partial charge in [-0.15, -0.1) is 0 Å². The normalized spacial score (nSPS) is 15.5. The number of nitrogens with zero attached hydrogens (tertiary/aromatic N) is 10. The Hall–Kier alpha value is -7.48. The quantitative estimate of drug-likeness (QED) is 0.133. The molecular formula is C52H52F2N10O2. The van der Waals surface area contributed by atoms with Crippen LogP contribution in [0.2, 0.25) is 0 Å². The maximum atomic E-state index is 13.3. The van der Waals surface area contributed by atoms with Crippen molar-refractivity contribution >= 4 is 23.3 Å². The molecule has 12 nitrogen and oxygen atoms in total. The third-order valence-corrected chi connectivity index (χ3v) is 12.2. The molecule has 0 saturated heterocycles. The van der Waals surface area contributed by atoms with Crippen molar-refractivity contribution in [2.45, 2.75) is 78.3 Å². The number of halogens is 2. The van der Waals surface area contributed by atoms with Gasteiger partial charge in [0.15, 0.2) is 23.3 Å². The number of hydrogen-bond acceptors (Lipinski definition) is 8. The van der Waals surface area contributed by atoms with Crippen molar-refractivity contribution in [3.8, 4) is 22.9 Å². The van der Waals surface area contributed by atoms with Crippen LogP contribution < -0.4 is 9.47 Å². The minimum Gasteiger partial charge on any atom is -0.495 e. The average molecular weight is 887 g/mol. The number of hydrogen-bond donors (Lipinski definition) is 0. The van der Waals surface area contributed by atoms with E-state index in [1.807, 2.05) is 69.0 Å². The summed E-state index contributed by atoms with van der Waals surface area (Å²) < 4.78 is 45.9. The second kappa shape index (κ2) is 18.9. The summed E-state index contributed by atoms with van der Waals surface area (Å²) in [5.41, 5.74) is 10.2. The van der Waals surface area contributed by atoms with E-state index in [0.717, 1.165) is 130 Å². The van der Waals surface area contributed by atoms with Crippen molar-refractivity contribution in [2.24, 2.45) is 0 Å². The van der Waals surface area contributed by atoms with E-state index >= 15 is 0 Å². The summed E-state index contributed by atoms with van der Waals surface area (Å²) in [6.45, 7) is 9.73. The van der Waals surface area contributed by atoms with Crippen LogP contribution in [0.25, 0.3) is 34.7 Å². The Morgan fingerprint density at radius 2 is 0.985 bits per heavy atom. The number of allylic oxidation sites excluding steroid dienone is 2. The molecule has 0 radical (unpaired) electrons. The molecule has 66 heavy (non-hydrogen) atoms. The van der Waals surface area contributed by atoms with Gasteiger partial charge in [0.05, 0.1) is 49.6 Å². The van der Waals surface area contributed by atoms with E-state index in [2.05, 4.69) is 48.1 Å². The molecule has 2 atom stereocenters. The summed E-state index contributed by atoms with van der Waals surface area (Å²) in [7, 11) is 3.36. The van der Waals surface area contributed by atoms with Gasteiger partial charge in [-0.2, -0.15) is 10.2 Å².